The second-order valence-electron chi connectivity index (χ2n) is 9.79. The fourth-order valence-electron chi connectivity index (χ4n) is 4.31. The number of hydrogen-bond donors (Lipinski definition) is 1. The lowest BCUT2D eigenvalue weighted by molar-refractivity contribution is -0.145. The average molecular weight is 544 g/mol. The Labute approximate surface area is 238 Å². The molecule has 1 atom stereocenters. The zero-order chi connectivity index (χ0) is 28.3. The first-order valence-electron chi connectivity index (χ1n) is 14.2. The lowest BCUT2D eigenvalue weighted by Gasteiger charge is -2.16. The van der Waals surface area contributed by atoms with Gasteiger partial charge in [0.1, 0.15) is 11.8 Å². The Hall–Kier alpha value is -4.00. The van der Waals surface area contributed by atoms with E-state index in [0.717, 1.165) is 54.8 Å². The van der Waals surface area contributed by atoms with Gasteiger partial charge in [-0.3, -0.25) is 4.79 Å². The van der Waals surface area contributed by atoms with E-state index in [2.05, 4.69) is 15.5 Å². The van der Waals surface area contributed by atoms with Crippen LogP contribution in [0.25, 0.3) is 0 Å². The second-order valence-corrected chi connectivity index (χ2v) is 9.79. The number of unbranched alkanes of at least 4 members (excludes halogenated alkanes) is 7. The molecule has 0 saturated heterocycles. The highest BCUT2D eigenvalue weighted by Gasteiger charge is 2.21. The van der Waals surface area contributed by atoms with E-state index in [4.69, 9.17) is 9.47 Å². The van der Waals surface area contributed by atoms with E-state index in [0.29, 0.717) is 19.4 Å². The summed E-state index contributed by atoms with van der Waals surface area (Å²) in [5.41, 5.74) is 2.61. The predicted octanol–water partition coefficient (Wildman–Crippen LogP) is 7.89. The van der Waals surface area contributed by atoms with E-state index >= 15 is 0 Å². The molecule has 3 aromatic rings. The minimum atomic E-state index is -0.653. The molecule has 0 bridgehead atoms. The number of methoxy groups -OCH3 is 1. The normalized spacial score (nSPS) is 11.7. The van der Waals surface area contributed by atoms with E-state index in [-0.39, 0.29) is 5.91 Å². The molecule has 0 aliphatic carbocycles. The smallest absolute Gasteiger partial charge is 0.328 e. The van der Waals surface area contributed by atoms with Crippen LogP contribution in [0.15, 0.2) is 95.2 Å². The molecule has 0 heterocycles. The highest BCUT2D eigenvalue weighted by Crippen LogP contribution is 2.21. The molecule has 7 nitrogen and oxygen atoms in total. The summed E-state index contributed by atoms with van der Waals surface area (Å²) < 4.78 is 10.7. The van der Waals surface area contributed by atoms with Crippen molar-refractivity contribution in [3.8, 4) is 5.75 Å². The number of azo groups is 1. The zero-order valence-corrected chi connectivity index (χ0v) is 23.5. The number of ether oxygens (including phenoxy) is 2. The van der Waals surface area contributed by atoms with Crippen molar-refractivity contribution in [1.29, 1.82) is 0 Å². The Balaban J connectivity index is 1.17. The van der Waals surface area contributed by atoms with E-state index in [1.165, 1.54) is 26.4 Å². The fourth-order valence-corrected chi connectivity index (χ4v) is 4.31. The van der Waals surface area contributed by atoms with Crippen LogP contribution in [-0.2, 0) is 20.7 Å². The fraction of sp³-hybridized carbons (Fsp3) is 0.394. The molecule has 212 valence electrons. The van der Waals surface area contributed by atoms with E-state index < -0.39 is 12.0 Å². The van der Waals surface area contributed by atoms with Gasteiger partial charge < -0.3 is 14.8 Å². The monoisotopic (exact) mass is 543 g/mol. The molecule has 0 fully saturated rings. The lowest BCUT2D eigenvalue weighted by atomic mass is 10.0. The molecule has 0 aliphatic rings. The van der Waals surface area contributed by atoms with Gasteiger partial charge in [-0.05, 0) is 54.8 Å². The van der Waals surface area contributed by atoms with Gasteiger partial charge in [0, 0.05) is 12.8 Å². The number of hydrogen-bond acceptors (Lipinski definition) is 6. The van der Waals surface area contributed by atoms with Gasteiger partial charge in [0.05, 0.1) is 25.1 Å². The van der Waals surface area contributed by atoms with Gasteiger partial charge in [-0.2, -0.15) is 10.2 Å². The van der Waals surface area contributed by atoms with Crippen molar-refractivity contribution < 1.29 is 19.1 Å². The quantitative estimate of drug-likeness (QED) is 0.100. The summed E-state index contributed by atoms with van der Waals surface area (Å²) in [6.07, 6.45) is 9.52. The molecule has 0 unspecified atom stereocenters. The number of rotatable bonds is 18. The molecule has 0 aromatic heterocycles. The van der Waals surface area contributed by atoms with E-state index in [1.807, 2.05) is 84.9 Å². The summed E-state index contributed by atoms with van der Waals surface area (Å²) in [4.78, 5) is 24.5. The van der Waals surface area contributed by atoms with Crippen molar-refractivity contribution in [3.63, 3.8) is 0 Å². The molecule has 0 radical (unpaired) electrons. The third kappa shape index (κ3) is 12.2. The summed E-state index contributed by atoms with van der Waals surface area (Å²) in [6, 6.07) is 26.3. The first-order chi connectivity index (χ1) is 19.6. The average Bonchev–Trinajstić information content (AvgIpc) is 2.99. The molecule has 0 aliphatic heterocycles. The summed E-state index contributed by atoms with van der Waals surface area (Å²) in [5.74, 6) is 0.334. The van der Waals surface area contributed by atoms with Crippen molar-refractivity contribution in [2.24, 2.45) is 10.2 Å². The lowest BCUT2D eigenvalue weighted by Crippen LogP contribution is -2.43. The maximum absolute atomic E-state index is 12.4. The van der Waals surface area contributed by atoms with Gasteiger partial charge in [-0.1, -0.05) is 87.1 Å². The van der Waals surface area contributed by atoms with Crippen LogP contribution in [-0.4, -0.2) is 31.6 Å². The summed E-state index contributed by atoms with van der Waals surface area (Å²) in [5, 5.41) is 11.3. The number of carbonyl (C=O) groups excluding carboxylic acids is 2. The first-order valence-corrected chi connectivity index (χ1v) is 14.2. The van der Waals surface area contributed by atoms with Crippen LogP contribution in [0.5, 0.6) is 5.75 Å². The van der Waals surface area contributed by atoms with Crippen LogP contribution in [0.3, 0.4) is 0 Å². The van der Waals surface area contributed by atoms with Gasteiger partial charge in [0.25, 0.3) is 0 Å². The SMILES string of the molecule is COC(=O)[C@H](Cc1ccccc1)NC(=O)CCCCCCCCCCOc1ccc(N=Nc2ccccc2)cc1. The molecule has 1 N–H and O–H groups in total. The van der Waals surface area contributed by atoms with Gasteiger partial charge in [-0.15, -0.1) is 0 Å². The number of carbonyl (C=O) groups is 2. The van der Waals surface area contributed by atoms with Crippen LogP contribution in [0.2, 0.25) is 0 Å². The number of nitrogens with one attached hydrogen (secondary N) is 1. The molecule has 40 heavy (non-hydrogen) atoms. The summed E-state index contributed by atoms with van der Waals surface area (Å²) >= 11 is 0. The highest BCUT2D eigenvalue weighted by atomic mass is 16.5. The Morgan fingerprint density at radius 3 is 1.88 bits per heavy atom. The third-order valence-corrected chi connectivity index (χ3v) is 6.54. The maximum atomic E-state index is 12.4. The van der Waals surface area contributed by atoms with Crippen molar-refractivity contribution in [2.75, 3.05) is 13.7 Å². The molecule has 7 heteroatoms. The Bertz CT molecular complexity index is 1150. The van der Waals surface area contributed by atoms with Gasteiger partial charge in [-0.25, -0.2) is 4.79 Å². The Morgan fingerprint density at radius 2 is 1.25 bits per heavy atom. The van der Waals surface area contributed by atoms with Gasteiger partial charge in [0.15, 0.2) is 0 Å². The van der Waals surface area contributed by atoms with Gasteiger partial charge >= 0.3 is 5.97 Å². The molecular formula is C33H41N3O4. The number of nitrogens with zero attached hydrogens (tertiary/aromatic N) is 2. The van der Waals surface area contributed by atoms with Crippen LogP contribution in [0.4, 0.5) is 11.4 Å². The predicted molar refractivity (Wildman–Crippen MR) is 158 cm³/mol. The van der Waals surface area contributed by atoms with Crippen molar-refractivity contribution >= 4 is 23.3 Å². The topological polar surface area (TPSA) is 89.3 Å². The van der Waals surface area contributed by atoms with Gasteiger partial charge in [0.2, 0.25) is 5.91 Å². The van der Waals surface area contributed by atoms with E-state index in [1.54, 1.807) is 0 Å². The van der Waals surface area contributed by atoms with Crippen molar-refractivity contribution in [3.05, 3.63) is 90.5 Å². The molecule has 3 aromatic carbocycles. The van der Waals surface area contributed by atoms with E-state index in [9.17, 15) is 9.59 Å². The Kier molecular flexibility index (Phi) is 14.0. The largest absolute Gasteiger partial charge is 0.494 e. The molecule has 1 amide bonds. The van der Waals surface area contributed by atoms with Crippen LogP contribution in [0.1, 0.15) is 63.4 Å². The van der Waals surface area contributed by atoms with Crippen LogP contribution in [0, 0.1) is 0 Å². The molecule has 3 rings (SSSR count). The van der Waals surface area contributed by atoms with Crippen molar-refractivity contribution in [1.82, 2.24) is 5.32 Å². The van der Waals surface area contributed by atoms with Crippen LogP contribution >= 0.6 is 0 Å². The zero-order valence-electron chi connectivity index (χ0n) is 23.5. The Morgan fingerprint density at radius 1 is 0.700 bits per heavy atom. The maximum Gasteiger partial charge on any atom is 0.328 e. The number of benzene rings is 3. The first kappa shape index (κ1) is 30.5. The highest BCUT2D eigenvalue weighted by molar-refractivity contribution is 5.84. The standard InChI is InChI=1S/C33H41N3O4/c1-39-33(38)31(26-27-16-10-8-11-17-27)34-32(37)20-14-6-4-2-3-5-7-15-25-40-30-23-21-29(22-24-30)36-35-28-18-12-9-13-19-28/h8-13,16-19,21-24,31H,2-7,14-15,20,25-26H2,1H3,(H,34,37)/t31-/m0/s1. The summed E-state index contributed by atoms with van der Waals surface area (Å²) in [6.45, 7) is 0.705. The molecule has 0 saturated carbocycles. The summed E-state index contributed by atoms with van der Waals surface area (Å²) in [7, 11) is 1.35. The third-order valence-electron chi connectivity index (χ3n) is 6.54. The molecular weight excluding hydrogens is 502 g/mol. The minimum absolute atomic E-state index is 0.0995. The number of esters is 1. The second kappa shape index (κ2) is 18.3. The minimum Gasteiger partial charge on any atom is -0.494 e. The van der Waals surface area contributed by atoms with Crippen LogP contribution < -0.4 is 10.1 Å². The molecule has 0 spiro atoms. The van der Waals surface area contributed by atoms with Crippen molar-refractivity contribution in [2.45, 2.75) is 70.3 Å². The number of amides is 1.